The van der Waals surface area contributed by atoms with Crippen molar-refractivity contribution in [2.24, 2.45) is 0 Å². The molecule has 0 radical (unpaired) electrons. The van der Waals surface area contributed by atoms with Crippen LogP contribution in [-0.2, 0) is 4.79 Å². The van der Waals surface area contributed by atoms with Gasteiger partial charge in [0.2, 0.25) is 5.91 Å². The summed E-state index contributed by atoms with van der Waals surface area (Å²) in [7, 11) is 0. The Morgan fingerprint density at radius 2 is 2.21 bits per heavy atom. The molecule has 2 aliphatic rings. The van der Waals surface area contributed by atoms with E-state index in [9.17, 15) is 13.6 Å². The van der Waals surface area contributed by atoms with Gasteiger partial charge in [0, 0.05) is 42.8 Å². The monoisotopic (exact) mass is 385 g/mol. The van der Waals surface area contributed by atoms with Crippen molar-refractivity contribution < 1.29 is 13.6 Å². The lowest BCUT2D eigenvalue weighted by Crippen LogP contribution is -2.42. The number of fused-ring (bicyclic) bond motifs is 1. The summed E-state index contributed by atoms with van der Waals surface area (Å²) in [6.07, 6.45) is 1.37. The van der Waals surface area contributed by atoms with Gasteiger partial charge in [-0.05, 0) is 30.7 Å². The molecule has 0 aliphatic carbocycles. The number of benzene rings is 1. The number of pyridine rings is 1. The first kappa shape index (κ1) is 18.6. The van der Waals surface area contributed by atoms with Crippen molar-refractivity contribution in [2.75, 3.05) is 31.5 Å². The van der Waals surface area contributed by atoms with Gasteiger partial charge in [-0.25, -0.2) is 8.78 Å². The van der Waals surface area contributed by atoms with Crippen LogP contribution in [0.25, 0.3) is 10.9 Å². The second-order valence-corrected chi connectivity index (χ2v) is 7.38. The highest BCUT2D eigenvalue weighted by Crippen LogP contribution is 2.26. The maximum atomic E-state index is 13.9. The number of alkyl halides is 1. The molecule has 2 fully saturated rings. The highest BCUT2D eigenvalue weighted by molar-refractivity contribution is 5.91. The summed E-state index contributed by atoms with van der Waals surface area (Å²) in [6.45, 7) is 1.55. The highest BCUT2D eigenvalue weighted by atomic mass is 19.1. The van der Waals surface area contributed by atoms with Crippen LogP contribution in [0.1, 0.15) is 12.8 Å². The average Bonchev–Trinajstić information content (AvgIpc) is 3.30. The van der Waals surface area contributed by atoms with Crippen molar-refractivity contribution in [3.8, 4) is 6.07 Å². The fourth-order valence-electron chi connectivity index (χ4n) is 4.04. The van der Waals surface area contributed by atoms with Crippen LogP contribution in [-0.4, -0.2) is 65.1 Å². The molecule has 3 heterocycles. The van der Waals surface area contributed by atoms with E-state index in [0.29, 0.717) is 12.1 Å². The third-order valence-corrected chi connectivity index (χ3v) is 5.43. The van der Waals surface area contributed by atoms with E-state index < -0.39 is 12.2 Å². The molecule has 1 amide bonds. The maximum absolute atomic E-state index is 13.9. The number of carbonyl (C=O) groups excluding carboxylic acids is 1. The highest BCUT2D eigenvalue weighted by Gasteiger charge is 2.36. The number of amides is 1. The number of nitriles is 1. The lowest BCUT2D eigenvalue weighted by Gasteiger charge is -2.23. The van der Waals surface area contributed by atoms with Crippen molar-refractivity contribution in [1.29, 1.82) is 5.26 Å². The quantitative estimate of drug-likeness (QED) is 0.875. The summed E-state index contributed by atoms with van der Waals surface area (Å²) in [5, 5.41) is 13.3. The minimum atomic E-state index is -1.12. The number of halogens is 2. The van der Waals surface area contributed by atoms with E-state index in [2.05, 4.69) is 10.3 Å². The molecule has 28 heavy (non-hydrogen) atoms. The third-order valence-electron chi connectivity index (χ3n) is 5.43. The zero-order valence-electron chi connectivity index (χ0n) is 15.3. The summed E-state index contributed by atoms with van der Waals surface area (Å²) < 4.78 is 27.5. The van der Waals surface area contributed by atoms with Gasteiger partial charge in [0.1, 0.15) is 23.5 Å². The number of hydrogen-bond acceptors (Lipinski definition) is 5. The van der Waals surface area contributed by atoms with Gasteiger partial charge in [-0.2, -0.15) is 5.26 Å². The summed E-state index contributed by atoms with van der Waals surface area (Å²) in [5.74, 6) is -0.563. The number of likely N-dealkylation sites (tertiary alicyclic amines) is 2. The molecule has 0 spiro atoms. The van der Waals surface area contributed by atoms with E-state index in [-0.39, 0.29) is 37.3 Å². The molecule has 2 aliphatic heterocycles. The van der Waals surface area contributed by atoms with E-state index in [1.807, 2.05) is 17.0 Å². The smallest absolute Gasteiger partial charge is 0.237 e. The van der Waals surface area contributed by atoms with Gasteiger partial charge in [0.25, 0.3) is 0 Å². The zero-order valence-corrected chi connectivity index (χ0v) is 15.3. The molecule has 1 aromatic carbocycles. The van der Waals surface area contributed by atoms with E-state index in [1.165, 1.54) is 11.0 Å². The first-order valence-electron chi connectivity index (χ1n) is 9.40. The van der Waals surface area contributed by atoms with Crippen LogP contribution in [0.15, 0.2) is 30.5 Å². The second-order valence-electron chi connectivity index (χ2n) is 7.38. The fourth-order valence-corrected chi connectivity index (χ4v) is 4.04. The molecular formula is C20H21F2N5O. The van der Waals surface area contributed by atoms with Gasteiger partial charge in [-0.1, -0.05) is 0 Å². The number of carbonyl (C=O) groups is 1. The van der Waals surface area contributed by atoms with Crippen LogP contribution >= 0.6 is 0 Å². The fraction of sp³-hybridized carbons (Fsp3) is 0.450. The van der Waals surface area contributed by atoms with Crippen LogP contribution in [0.2, 0.25) is 0 Å². The largest absolute Gasteiger partial charge is 0.380 e. The van der Waals surface area contributed by atoms with Crippen LogP contribution in [0, 0.1) is 17.1 Å². The molecule has 146 valence electrons. The Labute approximate surface area is 161 Å². The first-order valence-corrected chi connectivity index (χ1v) is 9.40. The molecule has 3 atom stereocenters. The normalized spacial score (nSPS) is 25.2. The minimum Gasteiger partial charge on any atom is -0.380 e. The first-order chi connectivity index (χ1) is 13.5. The van der Waals surface area contributed by atoms with Gasteiger partial charge >= 0.3 is 0 Å². The Hall–Kier alpha value is -2.79. The summed E-state index contributed by atoms with van der Waals surface area (Å²) in [6, 6.07) is 8.15. The molecule has 8 heteroatoms. The summed E-state index contributed by atoms with van der Waals surface area (Å²) >= 11 is 0. The van der Waals surface area contributed by atoms with Gasteiger partial charge in [-0.3, -0.25) is 14.7 Å². The average molecular weight is 385 g/mol. The number of nitrogens with zero attached hydrogens (tertiary/aromatic N) is 4. The Balaban J connectivity index is 1.38. The molecule has 0 bridgehead atoms. The molecule has 0 saturated carbocycles. The number of nitrogens with one attached hydrogen (secondary N) is 1. The van der Waals surface area contributed by atoms with Crippen molar-refractivity contribution in [1.82, 2.24) is 14.8 Å². The molecule has 4 rings (SSSR count). The van der Waals surface area contributed by atoms with Crippen LogP contribution in [0.5, 0.6) is 0 Å². The van der Waals surface area contributed by atoms with Gasteiger partial charge in [0.05, 0.1) is 19.2 Å². The lowest BCUT2D eigenvalue weighted by atomic mass is 10.1. The summed E-state index contributed by atoms with van der Waals surface area (Å²) in [5.41, 5.74) is 1.14. The molecule has 2 aromatic rings. The SMILES string of the molecule is N#CC1C[C@H](F)CN1C(=O)CN1CC[C@@H](Nc2ccc(F)c3ncccc23)C1. The number of hydrogen-bond donors (Lipinski definition) is 1. The molecule has 1 unspecified atom stereocenters. The van der Waals surface area contributed by atoms with Crippen molar-refractivity contribution in [2.45, 2.75) is 31.1 Å². The minimum absolute atomic E-state index is 0.00114. The molecule has 1 aromatic heterocycles. The number of aromatic nitrogens is 1. The second kappa shape index (κ2) is 7.68. The van der Waals surface area contributed by atoms with Crippen molar-refractivity contribution in [3.05, 3.63) is 36.3 Å². The zero-order chi connectivity index (χ0) is 19.7. The number of rotatable bonds is 4. The van der Waals surface area contributed by atoms with Gasteiger partial charge in [-0.15, -0.1) is 0 Å². The Bertz CT molecular complexity index is 930. The lowest BCUT2D eigenvalue weighted by molar-refractivity contribution is -0.132. The van der Waals surface area contributed by atoms with E-state index in [1.54, 1.807) is 18.3 Å². The number of anilines is 1. The van der Waals surface area contributed by atoms with E-state index in [4.69, 9.17) is 5.26 Å². The van der Waals surface area contributed by atoms with Crippen molar-refractivity contribution in [3.63, 3.8) is 0 Å². The predicted molar refractivity (Wildman–Crippen MR) is 101 cm³/mol. The Kier molecular flexibility index (Phi) is 5.09. The standard InChI is InChI=1S/C20H21F2N5O/c21-13-8-15(9-23)27(10-13)19(28)12-26-7-5-14(11-26)25-18-4-3-17(22)20-16(18)2-1-6-24-20/h1-4,6,13-15,25H,5,7-8,10-12H2/t13-,14+,15?/m0/s1. The maximum Gasteiger partial charge on any atom is 0.237 e. The van der Waals surface area contributed by atoms with E-state index >= 15 is 0 Å². The topological polar surface area (TPSA) is 72.3 Å². The van der Waals surface area contributed by atoms with Gasteiger partial charge in [0.15, 0.2) is 0 Å². The Morgan fingerprint density at radius 3 is 3.04 bits per heavy atom. The van der Waals surface area contributed by atoms with E-state index in [0.717, 1.165) is 24.0 Å². The Morgan fingerprint density at radius 1 is 1.36 bits per heavy atom. The van der Waals surface area contributed by atoms with Crippen LogP contribution in [0.4, 0.5) is 14.5 Å². The third kappa shape index (κ3) is 3.62. The van der Waals surface area contributed by atoms with Crippen LogP contribution in [0.3, 0.4) is 0 Å². The molecule has 1 N–H and O–H groups in total. The molecular weight excluding hydrogens is 364 g/mol. The van der Waals surface area contributed by atoms with Gasteiger partial charge < -0.3 is 10.2 Å². The van der Waals surface area contributed by atoms with Crippen LogP contribution < -0.4 is 5.32 Å². The summed E-state index contributed by atoms with van der Waals surface area (Å²) in [4.78, 5) is 19.9. The molecule has 2 saturated heterocycles. The van der Waals surface area contributed by atoms with Crippen molar-refractivity contribution >= 4 is 22.5 Å². The molecule has 6 nitrogen and oxygen atoms in total. The predicted octanol–water partition coefficient (Wildman–Crippen LogP) is 2.32.